The van der Waals surface area contributed by atoms with Crippen LogP contribution in [0.25, 0.3) is 0 Å². The molecule has 106 valence electrons. The first-order valence-corrected chi connectivity index (χ1v) is 6.70. The molecule has 0 fully saturated rings. The molecule has 0 unspecified atom stereocenters. The molecular weight excluding hydrogens is 279 g/mol. The van der Waals surface area contributed by atoms with Crippen LogP contribution >= 0.6 is 11.6 Å². The maximum atomic E-state index is 13.9. The Morgan fingerprint density at radius 3 is 2.25 bits per heavy atom. The number of benzene rings is 2. The first kappa shape index (κ1) is 15.0. The number of aliphatic hydroxyl groups excluding tert-OH is 2. The molecule has 4 heteroatoms. The minimum Gasteiger partial charge on any atom is -0.395 e. The second kappa shape index (κ2) is 6.35. The molecule has 20 heavy (non-hydrogen) atoms. The zero-order chi connectivity index (χ0) is 14.6. The van der Waals surface area contributed by atoms with E-state index in [2.05, 4.69) is 0 Å². The number of hydrogen-bond donors (Lipinski definition) is 2. The van der Waals surface area contributed by atoms with Gasteiger partial charge in [0.2, 0.25) is 0 Å². The molecule has 0 heterocycles. The van der Waals surface area contributed by atoms with E-state index >= 15 is 0 Å². The number of rotatable bonds is 5. The van der Waals surface area contributed by atoms with Crippen molar-refractivity contribution in [2.45, 2.75) is 11.8 Å². The van der Waals surface area contributed by atoms with Gasteiger partial charge in [-0.2, -0.15) is 0 Å². The van der Waals surface area contributed by atoms with Crippen LogP contribution in [0.15, 0.2) is 48.5 Å². The summed E-state index contributed by atoms with van der Waals surface area (Å²) in [5, 5.41) is 19.9. The number of aliphatic hydroxyl groups is 2. The maximum Gasteiger partial charge on any atom is 0.126 e. The van der Waals surface area contributed by atoms with Gasteiger partial charge >= 0.3 is 0 Å². The van der Waals surface area contributed by atoms with E-state index in [1.165, 1.54) is 18.2 Å². The molecule has 0 aliphatic heterocycles. The van der Waals surface area contributed by atoms with Gasteiger partial charge in [0, 0.05) is 10.4 Å². The van der Waals surface area contributed by atoms with Crippen LogP contribution in [-0.4, -0.2) is 23.4 Å². The average molecular weight is 295 g/mol. The van der Waals surface area contributed by atoms with Gasteiger partial charge < -0.3 is 10.2 Å². The zero-order valence-corrected chi connectivity index (χ0v) is 11.6. The summed E-state index contributed by atoms with van der Waals surface area (Å²) in [6, 6.07) is 13.4. The molecule has 0 aliphatic rings. The maximum absolute atomic E-state index is 13.9. The molecular formula is C16H16ClFO2. The molecule has 0 aliphatic carbocycles. The smallest absolute Gasteiger partial charge is 0.126 e. The summed E-state index contributed by atoms with van der Waals surface area (Å²) in [6.45, 7) is -0.557. The largest absolute Gasteiger partial charge is 0.395 e. The molecule has 2 rings (SSSR count). The van der Waals surface area contributed by atoms with Crippen molar-refractivity contribution in [1.82, 2.24) is 0 Å². The topological polar surface area (TPSA) is 40.5 Å². The third-order valence-electron chi connectivity index (χ3n) is 3.53. The van der Waals surface area contributed by atoms with Crippen LogP contribution in [0.5, 0.6) is 0 Å². The quantitative estimate of drug-likeness (QED) is 0.890. The zero-order valence-electron chi connectivity index (χ0n) is 10.9. The van der Waals surface area contributed by atoms with E-state index in [1.54, 1.807) is 0 Å². The van der Waals surface area contributed by atoms with Crippen LogP contribution in [-0.2, 0) is 11.8 Å². The molecule has 0 atom stereocenters. The second-order valence-corrected chi connectivity index (χ2v) is 5.31. The molecule has 0 saturated heterocycles. The van der Waals surface area contributed by atoms with E-state index in [0.29, 0.717) is 10.6 Å². The molecule has 2 N–H and O–H groups in total. The van der Waals surface area contributed by atoms with E-state index < -0.39 is 11.2 Å². The molecule has 2 aromatic carbocycles. The summed E-state index contributed by atoms with van der Waals surface area (Å²) >= 11 is 5.89. The lowest BCUT2D eigenvalue weighted by Crippen LogP contribution is -2.37. The standard InChI is InChI=1S/C16H16ClFO2/c17-14-6-7-15(18)12(8-14)9-16(10-19,11-20)13-4-2-1-3-5-13/h1-8,19-20H,9-11H2. The van der Waals surface area contributed by atoms with Crippen molar-refractivity contribution < 1.29 is 14.6 Å². The Morgan fingerprint density at radius 2 is 1.65 bits per heavy atom. The Balaban J connectivity index is 2.42. The molecule has 2 nitrogen and oxygen atoms in total. The highest BCUT2D eigenvalue weighted by Gasteiger charge is 2.32. The second-order valence-electron chi connectivity index (χ2n) is 4.88. The van der Waals surface area contributed by atoms with Crippen LogP contribution < -0.4 is 0 Å². The highest BCUT2D eigenvalue weighted by molar-refractivity contribution is 6.30. The Labute approximate surface area is 122 Å². The van der Waals surface area contributed by atoms with Crippen molar-refractivity contribution in [1.29, 1.82) is 0 Å². The molecule has 0 bridgehead atoms. The minimum atomic E-state index is -0.924. The first-order chi connectivity index (χ1) is 9.61. The summed E-state index contributed by atoms with van der Waals surface area (Å²) in [4.78, 5) is 0. The third-order valence-corrected chi connectivity index (χ3v) is 3.76. The van der Waals surface area contributed by atoms with E-state index in [0.717, 1.165) is 5.56 Å². The normalized spacial score (nSPS) is 11.6. The van der Waals surface area contributed by atoms with Gasteiger partial charge in [0.25, 0.3) is 0 Å². The fraction of sp³-hybridized carbons (Fsp3) is 0.250. The average Bonchev–Trinajstić information content (AvgIpc) is 2.49. The van der Waals surface area contributed by atoms with Crippen molar-refractivity contribution in [2.75, 3.05) is 13.2 Å². The minimum absolute atomic E-state index is 0.177. The fourth-order valence-corrected chi connectivity index (χ4v) is 2.48. The lowest BCUT2D eigenvalue weighted by atomic mass is 9.77. The molecule has 0 saturated carbocycles. The van der Waals surface area contributed by atoms with Gasteiger partial charge in [0.1, 0.15) is 5.82 Å². The van der Waals surface area contributed by atoms with Crippen LogP contribution in [0.1, 0.15) is 11.1 Å². The van der Waals surface area contributed by atoms with Crippen molar-refractivity contribution in [3.8, 4) is 0 Å². The Hall–Kier alpha value is -1.42. The van der Waals surface area contributed by atoms with Gasteiger partial charge in [-0.05, 0) is 35.7 Å². The van der Waals surface area contributed by atoms with Gasteiger partial charge in [-0.25, -0.2) is 4.39 Å². The van der Waals surface area contributed by atoms with E-state index in [4.69, 9.17) is 11.6 Å². The molecule has 2 aromatic rings. The summed E-state index contributed by atoms with van der Waals surface area (Å²) in [5.41, 5.74) is 0.223. The van der Waals surface area contributed by atoms with Crippen LogP contribution in [0.4, 0.5) is 4.39 Å². The lowest BCUT2D eigenvalue weighted by molar-refractivity contribution is 0.115. The van der Waals surface area contributed by atoms with Gasteiger partial charge in [-0.1, -0.05) is 41.9 Å². The molecule has 0 spiro atoms. The van der Waals surface area contributed by atoms with Crippen molar-refractivity contribution >= 4 is 11.6 Å². The SMILES string of the molecule is OCC(CO)(Cc1cc(Cl)ccc1F)c1ccccc1. The van der Waals surface area contributed by atoms with E-state index in [-0.39, 0.29) is 19.6 Å². The Bertz CT molecular complexity index is 568. The Kier molecular flexibility index (Phi) is 4.76. The highest BCUT2D eigenvalue weighted by Crippen LogP contribution is 2.30. The molecule has 0 aromatic heterocycles. The summed E-state index contributed by atoms with van der Waals surface area (Å²) in [7, 11) is 0. The number of hydrogen-bond acceptors (Lipinski definition) is 2. The van der Waals surface area contributed by atoms with Crippen molar-refractivity contribution in [3.05, 3.63) is 70.5 Å². The summed E-state index contributed by atoms with van der Waals surface area (Å²) in [6.07, 6.45) is 0.177. The lowest BCUT2D eigenvalue weighted by Gasteiger charge is -2.30. The van der Waals surface area contributed by atoms with Crippen molar-refractivity contribution in [3.63, 3.8) is 0 Å². The van der Waals surface area contributed by atoms with Crippen LogP contribution in [0.2, 0.25) is 5.02 Å². The third kappa shape index (κ3) is 3.01. The number of halogens is 2. The predicted molar refractivity (Wildman–Crippen MR) is 77.4 cm³/mol. The van der Waals surface area contributed by atoms with Crippen molar-refractivity contribution in [2.24, 2.45) is 0 Å². The van der Waals surface area contributed by atoms with Gasteiger partial charge in [-0.15, -0.1) is 0 Å². The fourth-order valence-electron chi connectivity index (χ4n) is 2.28. The summed E-state index contributed by atoms with van der Waals surface area (Å²) < 4.78 is 13.9. The summed E-state index contributed by atoms with van der Waals surface area (Å²) in [5.74, 6) is -0.392. The van der Waals surface area contributed by atoms with E-state index in [1.807, 2.05) is 30.3 Å². The molecule has 0 radical (unpaired) electrons. The van der Waals surface area contributed by atoms with Gasteiger partial charge in [-0.3, -0.25) is 0 Å². The Morgan fingerprint density at radius 1 is 1.00 bits per heavy atom. The predicted octanol–water partition coefficient (Wildman–Crippen LogP) is 2.94. The van der Waals surface area contributed by atoms with Crippen LogP contribution in [0.3, 0.4) is 0 Å². The molecule has 0 amide bonds. The monoisotopic (exact) mass is 294 g/mol. The van der Waals surface area contributed by atoms with Gasteiger partial charge in [0.15, 0.2) is 0 Å². The highest BCUT2D eigenvalue weighted by atomic mass is 35.5. The van der Waals surface area contributed by atoms with Gasteiger partial charge in [0.05, 0.1) is 13.2 Å². The van der Waals surface area contributed by atoms with Crippen LogP contribution in [0, 0.1) is 5.82 Å². The van der Waals surface area contributed by atoms with E-state index in [9.17, 15) is 14.6 Å². The first-order valence-electron chi connectivity index (χ1n) is 6.32.